The SMILES string of the molecule is CC(C)(C)C1CCC(NC(=S)NC(=O)c2ccc(OCCOc3ccccc3)cc2)CC1. The molecule has 1 aliphatic carbocycles. The van der Waals surface area contributed by atoms with Gasteiger partial charge in [0.2, 0.25) is 0 Å². The first-order valence-corrected chi connectivity index (χ1v) is 11.7. The maximum Gasteiger partial charge on any atom is 0.257 e. The first kappa shape index (κ1) is 24.1. The van der Waals surface area contributed by atoms with Gasteiger partial charge in [0, 0.05) is 11.6 Å². The summed E-state index contributed by atoms with van der Waals surface area (Å²) >= 11 is 5.37. The number of para-hydroxylation sites is 1. The highest BCUT2D eigenvalue weighted by molar-refractivity contribution is 7.80. The van der Waals surface area contributed by atoms with Crippen molar-refractivity contribution in [1.29, 1.82) is 0 Å². The van der Waals surface area contributed by atoms with Gasteiger partial charge in [-0.15, -0.1) is 0 Å². The first-order valence-electron chi connectivity index (χ1n) is 11.3. The molecule has 1 amide bonds. The number of rotatable bonds is 7. The van der Waals surface area contributed by atoms with Crippen molar-refractivity contribution in [2.75, 3.05) is 13.2 Å². The van der Waals surface area contributed by atoms with E-state index < -0.39 is 0 Å². The number of hydrogen-bond donors (Lipinski definition) is 2. The van der Waals surface area contributed by atoms with Crippen molar-refractivity contribution in [3.8, 4) is 11.5 Å². The molecule has 3 rings (SSSR count). The number of amides is 1. The number of ether oxygens (including phenoxy) is 2. The van der Waals surface area contributed by atoms with Crippen molar-refractivity contribution in [3.63, 3.8) is 0 Å². The van der Waals surface area contributed by atoms with Crippen LogP contribution >= 0.6 is 12.2 Å². The Balaban J connectivity index is 1.37. The van der Waals surface area contributed by atoms with Crippen molar-refractivity contribution in [2.45, 2.75) is 52.5 Å². The monoisotopic (exact) mass is 454 g/mol. The number of thiocarbonyl (C=S) groups is 1. The lowest BCUT2D eigenvalue weighted by atomic mass is 9.71. The molecule has 1 aliphatic rings. The number of carbonyl (C=O) groups is 1. The van der Waals surface area contributed by atoms with Crippen molar-refractivity contribution < 1.29 is 14.3 Å². The second-order valence-electron chi connectivity index (χ2n) is 9.38. The summed E-state index contributed by atoms with van der Waals surface area (Å²) < 4.78 is 11.3. The number of nitrogens with one attached hydrogen (secondary N) is 2. The summed E-state index contributed by atoms with van der Waals surface area (Å²) in [5.74, 6) is 2.03. The highest BCUT2D eigenvalue weighted by Gasteiger charge is 2.29. The van der Waals surface area contributed by atoms with E-state index in [0.717, 1.165) is 24.5 Å². The van der Waals surface area contributed by atoms with E-state index in [0.29, 0.717) is 41.1 Å². The average Bonchev–Trinajstić information content (AvgIpc) is 2.77. The Kier molecular flexibility index (Phi) is 8.51. The van der Waals surface area contributed by atoms with Crippen molar-refractivity contribution in [3.05, 3.63) is 60.2 Å². The summed E-state index contributed by atoms with van der Waals surface area (Å²) in [5.41, 5.74) is 0.892. The molecule has 0 spiro atoms. The average molecular weight is 455 g/mol. The lowest BCUT2D eigenvalue weighted by Gasteiger charge is -2.37. The molecule has 0 heterocycles. The molecule has 6 heteroatoms. The van der Waals surface area contributed by atoms with Crippen LogP contribution in [0.1, 0.15) is 56.8 Å². The highest BCUT2D eigenvalue weighted by Crippen LogP contribution is 2.37. The van der Waals surface area contributed by atoms with Gasteiger partial charge in [-0.05, 0) is 85.6 Å². The molecule has 2 N–H and O–H groups in total. The van der Waals surface area contributed by atoms with Gasteiger partial charge in [0.1, 0.15) is 24.7 Å². The van der Waals surface area contributed by atoms with Crippen molar-refractivity contribution in [2.24, 2.45) is 11.3 Å². The lowest BCUT2D eigenvalue weighted by molar-refractivity contribution is 0.0976. The summed E-state index contributed by atoms with van der Waals surface area (Å²) in [4.78, 5) is 12.5. The van der Waals surface area contributed by atoms with Gasteiger partial charge in [0.25, 0.3) is 5.91 Å². The number of carbonyl (C=O) groups excluding carboxylic acids is 1. The van der Waals surface area contributed by atoms with E-state index in [1.165, 1.54) is 12.8 Å². The highest BCUT2D eigenvalue weighted by atomic mass is 32.1. The fourth-order valence-electron chi connectivity index (χ4n) is 4.04. The lowest BCUT2D eigenvalue weighted by Crippen LogP contribution is -2.46. The van der Waals surface area contributed by atoms with Crippen LogP contribution in [0.2, 0.25) is 0 Å². The van der Waals surface area contributed by atoms with E-state index in [-0.39, 0.29) is 5.91 Å². The van der Waals surface area contributed by atoms with Crippen LogP contribution in [-0.2, 0) is 0 Å². The maximum absolute atomic E-state index is 12.5. The third-order valence-electron chi connectivity index (χ3n) is 5.99. The van der Waals surface area contributed by atoms with Crippen LogP contribution in [0.3, 0.4) is 0 Å². The molecule has 0 aliphatic heterocycles. The Hall–Kier alpha value is -2.60. The molecule has 0 radical (unpaired) electrons. The zero-order chi connectivity index (χ0) is 23.0. The maximum atomic E-state index is 12.5. The van der Waals surface area contributed by atoms with Crippen molar-refractivity contribution in [1.82, 2.24) is 10.6 Å². The Morgan fingerprint density at radius 2 is 1.47 bits per heavy atom. The largest absolute Gasteiger partial charge is 0.490 e. The predicted octanol–water partition coefficient (Wildman–Crippen LogP) is 5.35. The molecule has 2 aromatic rings. The van der Waals surface area contributed by atoms with Gasteiger partial charge in [-0.25, -0.2) is 0 Å². The zero-order valence-corrected chi connectivity index (χ0v) is 20.0. The fraction of sp³-hybridized carbons (Fsp3) is 0.462. The topological polar surface area (TPSA) is 59.6 Å². The standard InChI is InChI=1S/C26H34N2O3S/c1-26(2,3)20-11-13-21(14-12-20)27-25(32)28-24(29)19-9-15-23(16-10-19)31-18-17-30-22-7-5-4-6-8-22/h4-10,15-16,20-21H,11-14,17-18H2,1-3H3,(H2,27,28,29,32). The Morgan fingerprint density at radius 1 is 0.906 bits per heavy atom. The molecule has 2 aromatic carbocycles. The zero-order valence-electron chi connectivity index (χ0n) is 19.2. The van der Waals surface area contributed by atoms with Gasteiger partial charge in [-0.2, -0.15) is 0 Å². The van der Waals surface area contributed by atoms with Gasteiger partial charge in [-0.1, -0.05) is 39.0 Å². The van der Waals surface area contributed by atoms with Crippen LogP contribution in [0.5, 0.6) is 11.5 Å². The molecule has 32 heavy (non-hydrogen) atoms. The molecule has 1 saturated carbocycles. The minimum atomic E-state index is -0.218. The minimum Gasteiger partial charge on any atom is -0.490 e. The molecular formula is C26H34N2O3S. The minimum absolute atomic E-state index is 0.218. The summed E-state index contributed by atoms with van der Waals surface area (Å²) in [5, 5.41) is 6.50. The first-order chi connectivity index (χ1) is 15.3. The van der Waals surface area contributed by atoms with Gasteiger partial charge < -0.3 is 14.8 Å². The summed E-state index contributed by atoms with van der Waals surface area (Å²) in [6.07, 6.45) is 4.54. The second kappa shape index (κ2) is 11.3. The second-order valence-corrected chi connectivity index (χ2v) is 9.78. The van der Waals surface area contributed by atoms with Crippen LogP contribution in [0.15, 0.2) is 54.6 Å². The van der Waals surface area contributed by atoms with Gasteiger partial charge >= 0.3 is 0 Å². The van der Waals surface area contributed by atoms with E-state index in [2.05, 4.69) is 31.4 Å². The van der Waals surface area contributed by atoms with Gasteiger partial charge in [0.05, 0.1) is 0 Å². The molecule has 0 aromatic heterocycles. The summed E-state index contributed by atoms with van der Waals surface area (Å²) in [6, 6.07) is 17.0. The van der Waals surface area contributed by atoms with Gasteiger partial charge in [0.15, 0.2) is 5.11 Å². The Morgan fingerprint density at radius 3 is 2.03 bits per heavy atom. The normalized spacial score (nSPS) is 18.5. The molecule has 0 unspecified atom stereocenters. The molecule has 5 nitrogen and oxygen atoms in total. The molecule has 1 fully saturated rings. The van der Waals surface area contributed by atoms with Crippen molar-refractivity contribution >= 4 is 23.2 Å². The number of hydrogen-bond acceptors (Lipinski definition) is 4. The Labute approximate surface area is 196 Å². The van der Waals surface area contributed by atoms with Crippen LogP contribution in [0.25, 0.3) is 0 Å². The number of benzene rings is 2. The van der Waals surface area contributed by atoms with Gasteiger partial charge in [-0.3, -0.25) is 10.1 Å². The van der Waals surface area contributed by atoms with Crippen LogP contribution in [-0.4, -0.2) is 30.3 Å². The van der Waals surface area contributed by atoms with E-state index in [1.807, 2.05) is 30.3 Å². The fourth-order valence-corrected chi connectivity index (χ4v) is 4.30. The summed E-state index contributed by atoms with van der Waals surface area (Å²) in [6.45, 7) is 7.80. The van der Waals surface area contributed by atoms with Crippen LogP contribution < -0.4 is 20.1 Å². The predicted molar refractivity (Wildman–Crippen MR) is 132 cm³/mol. The van der Waals surface area contributed by atoms with E-state index in [4.69, 9.17) is 21.7 Å². The van der Waals surface area contributed by atoms with E-state index in [9.17, 15) is 4.79 Å². The molecular weight excluding hydrogens is 420 g/mol. The van der Waals surface area contributed by atoms with E-state index >= 15 is 0 Å². The van der Waals surface area contributed by atoms with Crippen LogP contribution in [0.4, 0.5) is 0 Å². The summed E-state index contributed by atoms with van der Waals surface area (Å²) in [7, 11) is 0. The molecule has 0 atom stereocenters. The molecule has 172 valence electrons. The quantitative estimate of drug-likeness (QED) is 0.436. The third-order valence-corrected chi connectivity index (χ3v) is 6.21. The molecule has 0 bridgehead atoms. The van der Waals surface area contributed by atoms with E-state index in [1.54, 1.807) is 24.3 Å². The molecule has 0 saturated heterocycles. The Bertz CT molecular complexity index is 870. The smallest absolute Gasteiger partial charge is 0.257 e. The van der Waals surface area contributed by atoms with Crippen LogP contribution in [0, 0.1) is 11.3 Å². The third kappa shape index (κ3) is 7.52.